The minimum Gasteiger partial charge on any atom is -0.326 e. The number of aromatic nitrogens is 4. The number of Topliss-reactive ketones (excluding diaryl/α,β-unsaturated/α-hetero) is 1. The van der Waals surface area contributed by atoms with Crippen LogP contribution in [-0.2, 0) is 4.79 Å². The third-order valence-electron chi connectivity index (χ3n) is 4.10. The fourth-order valence-electron chi connectivity index (χ4n) is 2.59. The van der Waals surface area contributed by atoms with Gasteiger partial charge in [-0.15, -0.1) is 5.10 Å². The topological polar surface area (TPSA) is 89.8 Å². The third kappa shape index (κ3) is 4.83. The van der Waals surface area contributed by atoms with Gasteiger partial charge in [0.2, 0.25) is 11.1 Å². The molecule has 0 aliphatic heterocycles. The van der Waals surface area contributed by atoms with E-state index in [1.807, 2.05) is 12.1 Å². The highest BCUT2D eigenvalue weighted by Gasteiger charge is 2.13. The van der Waals surface area contributed by atoms with E-state index in [2.05, 4.69) is 46.8 Å². The van der Waals surface area contributed by atoms with Crippen LogP contribution in [0.25, 0.3) is 5.69 Å². The number of hydrogen-bond donors (Lipinski definition) is 1. The van der Waals surface area contributed by atoms with E-state index in [1.165, 1.54) is 24.2 Å². The molecule has 0 saturated heterocycles. The van der Waals surface area contributed by atoms with Crippen LogP contribution in [0.3, 0.4) is 0 Å². The van der Waals surface area contributed by atoms with Gasteiger partial charge >= 0.3 is 0 Å². The quantitative estimate of drug-likeness (QED) is 0.484. The van der Waals surface area contributed by atoms with Crippen LogP contribution in [0.1, 0.15) is 42.6 Å². The van der Waals surface area contributed by atoms with Crippen molar-refractivity contribution in [3.05, 3.63) is 59.7 Å². The average molecular weight is 395 g/mol. The van der Waals surface area contributed by atoms with Gasteiger partial charge in [-0.1, -0.05) is 37.7 Å². The number of ketones is 1. The van der Waals surface area contributed by atoms with Gasteiger partial charge in [-0.2, -0.15) is 4.68 Å². The number of nitrogens with zero attached hydrogens (tertiary/aromatic N) is 4. The normalized spacial score (nSPS) is 10.9. The summed E-state index contributed by atoms with van der Waals surface area (Å²) in [5.74, 6) is 0.475. The maximum absolute atomic E-state index is 12.5. The molecule has 2 aromatic carbocycles. The van der Waals surface area contributed by atoms with Crippen LogP contribution in [0.2, 0.25) is 0 Å². The second-order valence-electron chi connectivity index (χ2n) is 6.59. The molecule has 0 radical (unpaired) electrons. The van der Waals surface area contributed by atoms with E-state index < -0.39 is 0 Å². The first kappa shape index (κ1) is 19.8. The highest BCUT2D eigenvalue weighted by molar-refractivity contribution is 7.99. The summed E-state index contributed by atoms with van der Waals surface area (Å²) in [6.45, 7) is 5.72. The molecule has 1 amide bonds. The number of carbonyl (C=O) groups excluding carboxylic acids is 2. The minimum atomic E-state index is -0.150. The van der Waals surface area contributed by atoms with Crippen LogP contribution < -0.4 is 5.32 Å². The number of carbonyl (C=O) groups is 2. The fourth-order valence-corrected chi connectivity index (χ4v) is 3.37. The number of tetrazole rings is 1. The summed E-state index contributed by atoms with van der Waals surface area (Å²) < 4.78 is 1.63. The summed E-state index contributed by atoms with van der Waals surface area (Å²) in [5, 5.41) is 15.0. The minimum absolute atomic E-state index is 0.0379. The molecular formula is C20H21N5O2S. The maximum Gasteiger partial charge on any atom is 0.221 e. The molecule has 0 unspecified atom stereocenters. The molecule has 8 heteroatoms. The van der Waals surface area contributed by atoms with Crippen molar-refractivity contribution in [2.75, 3.05) is 11.1 Å². The van der Waals surface area contributed by atoms with Gasteiger partial charge in [0.1, 0.15) is 0 Å². The van der Waals surface area contributed by atoms with E-state index >= 15 is 0 Å². The Morgan fingerprint density at radius 1 is 1.07 bits per heavy atom. The summed E-state index contributed by atoms with van der Waals surface area (Å²) >= 11 is 1.28. The molecule has 0 fully saturated rings. The zero-order valence-electron chi connectivity index (χ0n) is 15.9. The zero-order chi connectivity index (χ0) is 20.1. The molecule has 1 aromatic heterocycles. The molecule has 0 bridgehead atoms. The van der Waals surface area contributed by atoms with Gasteiger partial charge in [0.25, 0.3) is 0 Å². The molecule has 0 spiro atoms. The number of hydrogen-bond acceptors (Lipinski definition) is 6. The molecule has 0 saturated carbocycles. The van der Waals surface area contributed by atoms with Crippen molar-refractivity contribution in [3.63, 3.8) is 0 Å². The van der Waals surface area contributed by atoms with Crippen LogP contribution in [-0.4, -0.2) is 37.7 Å². The Morgan fingerprint density at radius 3 is 2.36 bits per heavy atom. The average Bonchev–Trinajstić information content (AvgIpc) is 3.15. The fraction of sp³-hybridized carbons (Fsp3) is 0.250. The van der Waals surface area contributed by atoms with Crippen LogP contribution in [0.15, 0.2) is 53.7 Å². The number of anilines is 1. The Bertz CT molecular complexity index is 965. The van der Waals surface area contributed by atoms with Crippen LogP contribution in [0.5, 0.6) is 0 Å². The highest BCUT2D eigenvalue weighted by atomic mass is 32.2. The second kappa shape index (κ2) is 8.79. The van der Waals surface area contributed by atoms with Gasteiger partial charge in [-0.05, 0) is 58.3 Å². The first-order valence-electron chi connectivity index (χ1n) is 8.86. The number of thioether (sulfide) groups is 1. The van der Waals surface area contributed by atoms with Crippen LogP contribution in [0.4, 0.5) is 5.69 Å². The number of amides is 1. The smallest absolute Gasteiger partial charge is 0.221 e. The van der Waals surface area contributed by atoms with Crippen molar-refractivity contribution in [1.29, 1.82) is 0 Å². The molecule has 3 rings (SSSR count). The molecule has 144 valence electrons. The molecule has 7 nitrogen and oxygen atoms in total. The van der Waals surface area contributed by atoms with Crippen LogP contribution >= 0.6 is 11.8 Å². The predicted molar refractivity (Wildman–Crippen MR) is 109 cm³/mol. The standard InChI is InChI=1S/C20H21N5O2S/c1-13(2)15-6-10-18(11-7-15)25-20(22-23-24-25)28-12-19(27)16-4-8-17(9-5-16)21-14(3)26/h4-11,13H,12H2,1-3H3,(H,21,26). The van der Waals surface area contributed by atoms with Crippen molar-refractivity contribution in [3.8, 4) is 5.69 Å². The van der Waals surface area contributed by atoms with Gasteiger partial charge in [0.05, 0.1) is 11.4 Å². The summed E-state index contributed by atoms with van der Waals surface area (Å²) in [4.78, 5) is 23.5. The monoisotopic (exact) mass is 395 g/mol. The second-order valence-corrected chi connectivity index (χ2v) is 7.53. The summed E-state index contributed by atoms with van der Waals surface area (Å²) in [5.41, 5.74) is 3.32. The molecular weight excluding hydrogens is 374 g/mol. The van der Waals surface area contributed by atoms with E-state index in [1.54, 1.807) is 28.9 Å². The lowest BCUT2D eigenvalue weighted by Crippen LogP contribution is -2.07. The molecule has 0 aliphatic rings. The first-order valence-corrected chi connectivity index (χ1v) is 9.85. The number of rotatable bonds is 7. The van der Waals surface area contributed by atoms with E-state index in [0.29, 0.717) is 22.3 Å². The lowest BCUT2D eigenvalue weighted by Gasteiger charge is -2.08. The largest absolute Gasteiger partial charge is 0.326 e. The summed E-state index contributed by atoms with van der Waals surface area (Å²) in [6.07, 6.45) is 0. The van der Waals surface area contributed by atoms with Crippen molar-refractivity contribution in [2.24, 2.45) is 0 Å². The lowest BCUT2D eigenvalue weighted by atomic mass is 10.0. The number of nitrogens with one attached hydrogen (secondary N) is 1. The van der Waals surface area contributed by atoms with Gasteiger partial charge in [0.15, 0.2) is 5.78 Å². The Kier molecular flexibility index (Phi) is 6.20. The van der Waals surface area contributed by atoms with E-state index in [4.69, 9.17) is 0 Å². The van der Waals surface area contributed by atoms with E-state index in [9.17, 15) is 9.59 Å². The Morgan fingerprint density at radius 2 is 1.75 bits per heavy atom. The van der Waals surface area contributed by atoms with Crippen molar-refractivity contribution >= 4 is 29.1 Å². The molecule has 3 aromatic rings. The van der Waals surface area contributed by atoms with Gasteiger partial charge < -0.3 is 5.32 Å². The Balaban J connectivity index is 1.66. The summed E-state index contributed by atoms with van der Waals surface area (Å²) in [6, 6.07) is 14.9. The van der Waals surface area contributed by atoms with Crippen molar-refractivity contribution in [2.45, 2.75) is 31.8 Å². The lowest BCUT2D eigenvalue weighted by molar-refractivity contribution is -0.114. The highest BCUT2D eigenvalue weighted by Crippen LogP contribution is 2.22. The third-order valence-corrected chi connectivity index (χ3v) is 5.02. The van der Waals surface area contributed by atoms with Gasteiger partial charge in [-0.25, -0.2) is 0 Å². The van der Waals surface area contributed by atoms with Crippen molar-refractivity contribution < 1.29 is 9.59 Å². The van der Waals surface area contributed by atoms with Gasteiger partial charge in [-0.3, -0.25) is 9.59 Å². The van der Waals surface area contributed by atoms with E-state index in [0.717, 1.165) is 5.69 Å². The molecule has 1 N–H and O–H groups in total. The van der Waals surface area contributed by atoms with Gasteiger partial charge in [0, 0.05) is 18.2 Å². The zero-order valence-corrected chi connectivity index (χ0v) is 16.7. The SMILES string of the molecule is CC(=O)Nc1ccc(C(=O)CSc2nnnn2-c2ccc(C(C)C)cc2)cc1. The summed E-state index contributed by atoms with van der Waals surface area (Å²) in [7, 11) is 0. The van der Waals surface area contributed by atoms with E-state index in [-0.39, 0.29) is 17.4 Å². The molecule has 28 heavy (non-hydrogen) atoms. The maximum atomic E-state index is 12.5. The predicted octanol–water partition coefficient (Wildman–Crippen LogP) is 3.72. The Labute approximate surface area is 167 Å². The van der Waals surface area contributed by atoms with Crippen molar-refractivity contribution in [1.82, 2.24) is 20.2 Å². The molecule has 1 heterocycles. The number of benzene rings is 2. The van der Waals surface area contributed by atoms with Crippen LogP contribution in [0, 0.1) is 0 Å². The molecule has 0 atom stereocenters. The molecule has 0 aliphatic carbocycles. The Hall–Kier alpha value is -3.00. The first-order chi connectivity index (χ1) is 13.4.